The van der Waals surface area contributed by atoms with Gasteiger partial charge in [0.05, 0.1) is 24.9 Å². The summed E-state index contributed by atoms with van der Waals surface area (Å²) in [6.07, 6.45) is 0.925. The summed E-state index contributed by atoms with van der Waals surface area (Å²) in [4.78, 5) is 11.6. The number of benzene rings is 1. The number of nitrogens with one attached hydrogen (secondary N) is 1. The summed E-state index contributed by atoms with van der Waals surface area (Å²) in [6, 6.07) is 6.79. The van der Waals surface area contributed by atoms with Crippen molar-refractivity contribution >= 4 is 24.0 Å². The molecule has 1 amide bonds. The predicted octanol–water partition coefficient (Wildman–Crippen LogP) is 1.56. The van der Waals surface area contributed by atoms with Crippen molar-refractivity contribution in [1.29, 1.82) is 0 Å². The summed E-state index contributed by atoms with van der Waals surface area (Å²) < 4.78 is 11.1. The second-order valence-corrected chi connectivity index (χ2v) is 4.38. The molecule has 1 aromatic carbocycles. The van der Waals surface area contributed by atoms with Crippen molar-refractivity contribution in [2.75, 3.05) is 18.5 Å². The molecule has 0 aromatic heterocycles. The van der Waals surface area contributed by atoms with E-state index in [0.717, 1.165) is 13.0 Å². The molecule has 106 valence electrons. The van der Waals surface area contributed by atoms with E-state index in [-0.39, 0.29) is 24.4 Å². The van der Waals surface area contributed by atoms with Gasteiger partial charge in [-0.2, -0.15) is 0 Å². The monoisotopic (exact) mass is 286 g/mol. The Morgan fingerprint density at radius 2 is 2.26 bits per heavy atom. The molecule has 2 atom stereocenters. The molecule has 0 saturated carbocycles. The van der Waals surface area contributed by atoms with Crippen molar-refractivity contribution in [2.24, 2.45) is 5.73 Å². The minimum atomic E-state index is -0.548. The van der Waals surface area contributed by atoms with Gasteiger partial charge in [-0.1, -0.05) is 12.1 Å². The Balaban J connectivity index is 0.00000180. The van der Waals surface area contributed by atoms with Crippen LogP contribution in [0.3, 0.4) is 0 Å². The normalized spacial score (nSPS) is 19.4. The van der Waals surface area contributed by atoms with E-state index in [9.17, 15) is 4.79 Å². The van der Waals surface area contributed by atoms with Crippen LogP contribution in [0.2, 0.25) is 0 Å². The Bertz CT molecular complexity index is 420. The molecule has 3 N–H and O–H groups in total. The second kappa shape index (κ2) is 7.33. The molecule has 1 fully saturated rings. The first-order chi connectivity index (χ1) is 8.66. The van der Waals surface area contributed by atoms with Gasteiger partial charge in [-0.15, -0.1) is 12.4 Å². The van der Waals surface area contributed by atoms with Gasteiger partial charge < -0.3 is 20.5 Å². The third-order valence-corrected chi connectivity index (χ3v) is 2.74. The zero-order valence-corrected chi connectivity index (χ0v) is 11.6. The van der Waals surface area contributed by atoms with Gasteiger partial charge in [0.15, 0.2) is 0 Å². The van der Waals surface area contributed by atoms with E-state index < -0.39 is 6.04 Å². The summed E-state index contributed by atoms with van der Waals surface area (Å²) in [5, 5.41) is 2.75. The van der Waals surface area contributed by atoms with Crippen LogP contribution in [0, 0.1) is 0 Å². The Morgan fingerprint density at radius 3 is 2.89 bits per heavy atom. The van der Waals surface area contributed by atoms with Crippen molar-refractivity contribution in [3.05, 3.63) is 24.3 Å². The number of para-hydroxylation sites is 2. The average Bonchev–Trinajstić information content (AvgIpc) is 2.84. The minimum absolute atomic E-state index is 0. The zero-order chi connectivity index (χ0) is 13.0. The molecule has 6 heteroatoms. The van der Waals surface area contributed by atoms with Crippen LogP contribution in [-0.2, 0) is 9.53 Å². The van der Waals surface area contributed by atoms with Crippen LogP contribution < -0.4 is 15.8 Å². The number of hydrogen-bond donors (Lipinski definition) is 2. The molecule has 5 nitrogen and oxygen atoms in total. The quantitative estimate of drug-likeness (QED) is 0.881. The van der Waals surface area contributed by atoms with Gasteiger partial charge in [-0.3, -0.25) is 4.79 Å². The smallest absolute Gasteiger partial charge is 0.241 e. The van der Waals surface area contributed by atoms with Crippen molar-refractivity contribution < 1.29 is 14.3 Å². The topological polar surface area (TPSA) is 73.6 Å². The molecule has 0 radical (unpaired) electrons. The molecule has 1 aromatic rings. The first-order valence-corrected chi connectivity index (χ1v) is 6.06. The van der Waals surface area contributed by atoms with E-state index in [1.54, 1.807) is 13.0 Å². The first kappa shape index (κ1) is 15.8. The lowest BCUT2D eigenvalue weighted by molar-refractivity contribution is -0.117. The molecule has 1 aliphatic rings. The van der Waals surface area contributed by atoms with Gasteiger partial charge in [0.1, 0.15) is 11.9 Å². The summed E-state index contributed by atoms with van der Waals surface area (Å²) >= 11 is 0. The molecule has 0 aliphatic carbocycles. The Morgan fingerprint density at radius 1 is 1.53 bits per heavy atom. The number of anilines is 1. The highest BCUT2D eigenvalue weighted by Gasteiger charge is 2.19. The highest BCUT2D eigenvalue weighted by atomic mass is 35.5. The molecule has 1 aliphatic heterocycles. The highest BCUT2D eigenvalue weighted by Crippen LogP contribution is 2.26. The van der Waals surface area contributed by atoms with Crippen molar-refractivity contribution in [3.8, 4) is 5.75 Å². The van der Waals surface area contributed by atoms with Gasteiger partial charge in [-0.05, 0) is 19.1 Å². The molecule has 1 saturated heterocycles. The summed E-state index contributed by atoms with van der Waals surface area (Å²) in [7, 11) is 0. The second-order valence-electron chi connectivity index (χ2n) is 4.38. The molecule has 2 rings (SSSR count). The number of halogens is 1. The van der Waals surface area contributed by atoms with Crippen molar-refractivity contribution in [3.63, 3.8) is 0 Å². The SMILES string of the molecule is C[C@H](N)C(=O)Nc1ccccc1OC1CCOC1.Cl. The molecular formula is C13H19ClN2O3. The van der Waals surface area contributed by atoms with Crippen LogP contribution in [0.15, 0.2) is 24.3 Å². The maximum absolute atomic E-state index is 11.6. The van der Waals surface area contributed by atoms with E-state index >= 15 is 0 Å². The number of nitrogens with two attached hydrogens (primary N) is 1. The maximum Gasteiger partial charge on any atom is 0.241 e. The molecule has 1 unspecified atom stereocenters. The zero-order valence-electron chi connectivity index (χ0n) is 10.8. The Hall–Kier alpha value is -1.30. The molecular weight excluding hydrogens is 268 g/mol. The van der Waals surface area contributed by atoms with E-state index in [0.29, 0.717) is 18.0 Å². The minimum Gasteiger partial charge on any atom is -0.486 e. The molecule has 1 heterocycles. The summed E-state index contributed by atoms with van der Waals surface area (Å²) in [5.41, 5.74) is 6.17. The number of ether oxygens (including phenoxy) is 2. The van der Waals surface area contributed by atoms with Crippen LogP contribution in [-0.4, -0.2) is 31.3 Å². The van der Waals surface area contributed by atoms with E-state index in [4.69, 9.17) is 15.2 Å². The van der Waals surface area contributed by atoms with Gasteiger partial charge in [0.25, 0.3) is 0 Å². The van der Waals surface area contributed by atoms with Crippen LogP contribution in [0.5, 0.6) is 5.75 Å². The van der Waals surface area contributed by atoms with Gasteiger partial charge >= 0.3 is 0 Å². The standard InChI is InChI=1S/C13H18N2O3.ClH/c1-9(14)13(16)15-11-4-2-3-5-12(11)18-10-6-7-17-8-10;/h2-5,9-10H,6-8,14H2,1H3,(H,15,16);1H/t9-,10?;/m0./s1. The van der Waals surface area contributed by atoms with E-state index in [2.05, 4.69) is 5.32 Å². The number of carbonyl (C=O) groups is 1. The fourth-order valence-electron chi connectivity index (χ4n) is 1.70. The fourth-order valence-corrected chi connectivity index (χ4v) is 1.70. The van der Waals surface area contributed by atoms with Crippen LogP contribution in [0.25, 0.3) is 0 Å². The maximum atomic E-state index is 11.6. The number of hydrogen-bond acceptors (Lipinski definition) is 4. The third-order valence-electron chi connectivity index (χ3n) is 2.74. The van der Waals surface area contributed by atoms with Crippen molar-refractivity contribution in [1.82, 2.24) is 0 Å². The average molecular weight is 287 g/mol. The first-order valence-electron chi connectivity index (χ1n) is 6.06. The summed E-state index contributed by atoms with van der Waals surface area (Å²) in [5.74, 6) is 0.427. The van der Waals surface area contributed by atoms with Crippen LogP contribution >= 0.6 is 12.4 Å². The third kappa shape index (κ3) is 4.38. The Kier molecular flexibility index (Phi) is 6.08. The van der Waals surface area contributed by atoms with Crippen LogP contribution in [0.4, 0.5) is 5.69 Å². The molecule has 0 spiro atoms. The van der Waals surface area contributed by atoms with E-state index in [1.165, 1.54) is 0 Å². The fraction of sp³-hybridized carbons (Fsp3) is 0.462. The van der Waals surface area contributed by atoms with Gasteiger partial charge in [0.2, 0.25) is 5.91 Å². The number of rotatable bonds is 4. The van der Waals surface area contributed by atoms with Crippen molar-refractivity contribution in [2.45, 2.75) is 25.5 Å². The summed E-state index contributed by atoms with van der Waals surface area (Å²) in [6.45, 7) is 2.96. The lowest BCUT2D eigenvalue weighted by atomic mass is 10.2. The predicted molar refractivity (Wildman–Crippen MR) is 75.8 cm³/mol. The largest absolute Gasteiger partial charge is 0.486 e. The molecule has 19 heavy (non-hydrogen) atoms. The number of amides is 1. The number of carbonyl (C=O) groups excluding carboxylic acids is 1. The van der Waals surface area contributed by atoms with Gasteiger partial charge in [-0.25, -0.2) is 0 Å². The lowest BCUT2D eigenvalue weighted by Gasteiger charge is -2.16. The lowest BCUT2D eigenvalue weighted by Crippen LogP contribution is -2.32. The van der Waals surface area contributed by atoms with E-state index in [1.807, 2.05) is 18.2 Å². The highest BCUT2D eigenvalue weighted by molar-refractivity contribution is 5.95. The van der Waals surface area contributed by atoms with Gasteiger partial charge in [0, 0.05) is 6.42 Å². The van der Waals surface area contributed by atoms with Crippen LogP contribution in [0.1, 0.15) is 13.3 Å². The Labute approximate surface area is 118 Å². The molecule has 0 bridgehead atoms.